The molecule has 1 aromatic carbocycles. The second-order valence-corrected chi connectivity index (χ2v) is 8.10. The first-order valence-electron chi connectivity index (χ1n) is 8.39. The number of hydrogen-bond donors (Lipinski definition) is 1. The third-order valence-corrected chi connectivity index (χ3v) is 6.63. The standard InChI is InChI=1S/C17H17N5O4S/c23-22(24)15-6-2-1-5-14(15)20-8-10-21(11-9-20)27(25,26)16-12-19-17-13(16)4-3-7-18-17/h1-7,12H,8-11H2,(H,18,19). The second-order valence-electron chi connectivity index (χ2n) is 6.19. The Morgan fingerprint density at radius 2 is 1.81 bits per heavy atom. The number of nitrogens with one attached hydrogen (secondary N) is 1. The molecule has 10 heteroatoms. The fourth-order valence-corrected chi connectivity index (χ4v) is 4.91. The Kier molecular flexibility index (Phi) is 4.28. The van der Waals surface area contributed by atoms with Crippen LogP contribution in [0.4, 0.5) is 11.4 Å². The minimum atomic E-state index is -3.68. The highest BCUT2D eigenvalue weighted by Crippen LogP contribution is 2.30. The first-order valence-corrected chi connectivity index (χ1v) is 9.83. The van der Waals surface area contributed by atoms with Crippen LogP contribution < -0.4 is 4.90 Å². The van der Waals surface area contributed by atoms with Crippen LogP contribution in [-0.4, -0.2) is 53.8 Å². The van der Waals surface area contributed by atoms with Crippen LogP contribution >= 0.6 is 0 Å². The van der Waals surface area contributed by atoms with Crippen molar-refractivity contribution in [3.63, 3.8) is 0 Å². The zero-order chi connectivity index (χ0) is 19.0. The van der Waals surface area contributed by atoms with E-state index >= 15 is 0 Å². The SMILES string of the molecule is O=[N+]([O-])c1ccccc1N1CCN(S(=O)(=O)c2c[nH]c3ncccc23)CC1. The van der Waals surface area contributed by atoms with Gasteiger partial charge < -0.3 is 9.88 Å². The van der Waals surface area contributed by atoms with E-state index in [1.54, 1.807) is 36.5 Å². The summed E-state index contributed by atoms with van der Waals surface area (Å²) in [5, 5.41) is 11.8. The number of aromatic nitrogens is 2. The van der Waals surface area contributed by atoms with Crippen LogP contribution in [0.25, 0.3) is 11.0 Å². The summed E-state index contributed by atoms with van der Waals surface area (Å²) in [5.41, 5.74) is 1.06. The van der Waals surface area contributed by atoms with Gasteiger partial charge in [0.2, 0.25) is 10.0 Å². The third-order valence-electron chi connectivity index (χ3n) is 4.69. The molecule has 9 nitrogen and oxygen atoms in total. The highest BCUT2D eigenvalue weighted by atomic mass is 32.2. The van der Waals surface area contributed by atoms with Crippen LogP contribution in [0.15, 0.2) is 53.7 Å². The molecule has 0 atom stereocenters. The fourth-order valence-electron chi connectivity index (χ4n) is 3.34. The lowest BCUT2D eigenvalue weighted by Gasteiger charge is -2.34. The molecular weight excluding hydrogens is 370 g/mol. The summed E-state index contributed by atoms with van der Waals surface area (Å²) in [6, 6.07) is 9.92. The lowest BCUT2D eigenvalue weighted by Crippen LogP contribution is -2.48. The van der Waals surface area contributed by atoms with Crippen LogP contribution in [0, 0.1) is 10.1 Å². The Balaban J connectivity index is 1.57. The van der Waals surface area contributed by atoms with E-state index in [9.17, 15) is 18.5 Å². The first kappa shape index (κ1) is 17.4. The van der Waals surface area contributed by atoms with Crippen molar-refractivity contribution in [1.82, 2.24) is 14.3 Å². The molecular formula is C17H17N5O4S. The van der Waals surface area contributed by atoms with Crippen LogP contribution in [0.5, 0.6) is 0 Å². The van der Waals surface area contributed by atoms with Crippen LogP contribution in [0.2, 0.25) is 0 Å². The van der Waals surface area contributed by atoms with Crippen molar-refractivity contribution in [2.24, 2.45) is 0 Å². The van der Waals surface area contributed by atoms with Gasteiger partial charge >= 0.3 is 0 Å². The molecule has 3 aromatic rings. The van der Waals surface area contributed by atoms with E-state index in [1.165, 1.54) is 16.6 Å². The number of nitrogens with zero attached hydrogens (tertiary/aromatic N) is 4. The molecule has 1 aliphatic rings. The molecule has 1 saturated heterocycles. The predicted molar refractivity (Wildman–Crippen MR) is 100 cm³/mol. The summed E-state index contributed by atoms with van der Waals surface area (Å²) in [7, 11) is -3.68. The van der Waals surface area contributed by atoms with Gasteiger partial charge in [-0.3, -0.25) is 10.1 Å². The van der Waals surface area contributed by atoms with Gasteiger partial charge in [0.15, 0.2) is 0 Å². The zero-order valence-corrected chi connectivity index (χ0v) is 15.1. The Morgan fingerprint density at radius 1 is 1.07 bits per heavy atom. The summed E-state index contributed by atoms with van der Waals surface area (Å²) in [6.45, 7) is 1.26. The number of nitro benzene ring substituents is 1. The average molecular weight is 387 g/mol. The molecule has 0 unspecified atom stereocenters. The van der Waals surface area contributed by atoms with Gasteiger partial charge in [-0.25, -0.2) is 13.4 Å². The second kappa shape index (κ2) is 6.63. The molecule has 2 aromatic heterocycles. The Bertz CT molecular complexity index is 1100. The molecule has 3 heterocycles. The number of H-pyrrole nitrogens is 1. The molecule has 1 N–H and O–H groups in total. The van der Waals surface area contributed by atoms with Crippen molar-refractivity contribution < 1.29 is 13.3 Å². The summed E-state index contributed by atoms with van der Waals surface area (Å²) in [5.74, 6) is 0. The van der Waals surface area contributed by atoms with Gasteiger partial charge in [-0.05, 0) is 18.2 Å². The average Bonchev–Trinajstić information content (AvgIpc) is 3.13. The number of para-hydroxylation sites is 2. The number of anilines is 1. The van der Waals surface area contributed by atoms with Crippen molar-refractivity contribution in [3.8, 4) is 0 Å². The van der Waals surface area contributed by atoms with Gasteiger partial charge in [0.25, 0.3) is 5.69 Å². The normalized spacial score (nSPS) is 15.9. The van der Waals surface area contributed by atoms with Gasteiger partial charge in [0.05, 0.1) is 4.92 Å². The number of hydrogen-bond acceptors (Lipinski definition) is 6. The number of sulfonamides is 1. The molecule has 1 aliphatic heterocycles. The lowest BCUT2D eigenvalue weighted by atomic mass is 10.2. The van der Waals surface area contributed by atoms with Gasteiger partial charge in [0.1, 0.15) is 16.2 Å². The molecule has 0 aliphatic carbocycles. The molecule has 0 spiro atoms. The monoisotopic (exact) mass is 387 g/mol. The molecule has 0 amide bonds. The van der Waals surface area contributed by atoms with E-state index in [-0.39, 0.29) is 23.7 Å². The number of fused-ring (bicyclic) bond motifs is 1. The summed E-state index contributed by atoms with van der Waals surface area (Å²) in [6.07, 6.45) is 3.06. The quantitative estimate of drug-likeness (QED) is 0.541. The van der Waals surface area contributed by atoms with Crippen molar-refractivity contribution in [2.45, 2.75) is 4.90 Å². The summed E-state index contributed by atoms with van der Waals surface area (Å²) in [4.78, 5) is 19.9. The number of rotatable bonds is 4. The van der Waals surface area contributed by atoms with Gasteiger partial charge in [-0.1, -0.05) is 12.1 Å². The van der Waals surface area contributed by atoms with Crippen molar-refractivity contribution >= 4 is 32.4 Å². The molecule has 1 fully saturated rings. The maximum Gasteiger partial charge on any atom is 0.292 e. The number of piperazine rings is 1. The van der Waals surface area contributed by atoms with Gasteiger partial charge in [-0.2, -0.15) is 4.31 Å². The summed E-state index contributed by atoms with van der Waals surface area (Å²) >= 11 is 0. The van der Waals surface area contributed by atoms with E-state index in [0.29, 0.717) is 29.8 Å². The maximum absolute atomic E-state index is 13.0. The van der Waals surface area contributed by atoms with E-state index in [2.05, 4.69) is 9.97 Å². The molecule has 4 rings (SSSR count). The zero-order valence-electron chi connectivity index (χ0n) is 14.3. The first-order chi connectivity index (χ1) is 13.0. The molecule has 27 heavy (non-hydrogen) atoms. The van der Waals surface area contributed by atoms with Gasteiger partial charge in [-0.15, -0.1) is 0 Å². The van der Waals surface area contributed by atoms with E-state index in [4.69, 9.17) is 0 Å². The maximum atomic E-state index is 13.0. The van der Waals surface area contributed by atoms with E-state index in [1.807, 2.05) is 4.90 Å². The molecule has 140 valence electrons. The molecule has 0 bridgehead atoms. The topological polar surface area (TPSA) is 112 Å². The van der Waals surface area contributed by atoms with Gasteiger partial charge in [0, 0.05) is 50.0 Å². The minimum Gasteiger partial charge on any atom is -0.363 e. The van der Waals surface area contributed by atoms with Crippen LogP contribution in [-0.2, 0) is 10.0 Å². The highest BCUT2D eigenvalue weighted by Gasteiger charge is 2.32. The number of benzene rings is 1. The fraction of sp³-hybridized carbons (Fsp3) is 0.235. The summed E-state index contributed by atoms with van der Waals surface area (Å²) < 4.78 is 27.5. The number of nitro groups is 1. The molecule has 0 radical (unpaired) electrons. The third kappa shape index (κ3) is 3.02. The highest BCUT2D eigenvalue weighted by molar-refractivity contribution is 7.89. The van der Waals surface area contributed by atoms with E-state index < -0.39 is 14.9 Å². The largest absolute Gasteiger partial charge is 0.363 e. The Hall–Kier alpha value is -2.98. The predicted octanol–water partition coefficient (Wildman–Crippen LogP) is 1.98. The van der Waals surface area contributed by atoms with Crippen molar-refractivity contribution in [2.75, 3.05) is 31.1 Å². The smallest absolute Gasteiger partial charge is 0.292 e. The number of aromatic amines is 1. The minimum absolute atomic E-state index is 0.0245. The van der Waals surface area contributed by atoms with Crippen LogP contribution in [0.3, 0.4) is 0 Å². The van der Waals surface area contributed by atoms with Crippen molar-refractivity contribution in [3.05, 3.63) is 58.9 Å². The Morgan fingerprint density at radius 3 is 2.56 bits per heavy atom. The lowest BCUT2D eigenvalue weighted by molar-refractivity contribution is -0.384. The van der Waals surface area contributed by atoms with E-state index in [0.717, 1.165) is 0 Å². The van der Waals surface area contributed by atoms with Crippen molar-refractivity contribution in [1.29, 1.82) is 0 Å². The van der Waals surface area contributed by atoms with Crippen LogP contribution in [0.1, 0.15) is 0 Å². The Labute approximate surface area is 155 Å². The molecule has 0 saturated carbocycles. The number of pyridine rings is 1.